The van der Waals surface area contributed by atoms with Gasteiger partial charge < -0.3 is 19.9 Å². The van der Waals surface area contributed by atoms with Crippen molar-refractivity contribution in [2.75, 3.05) is 19.8 Å². The molecule has 0 fully saturated rings. The molecule has 0 saturated carbocycles. The number of ether oxygens (including phenoxy) is 2. The van der Waals surface area contributed by atoms with Crippen LogP contribution in [-0.4, -0.2) is 30.5 Å². The first-order valence-electron chi connectivity index (χ1n) is 6.41. The van der Waals surface area contributed by atoms with E-state index in [-0.39, 0.29) is 12.1 Å². The van der Waals surface area contributed by atoms with Crippen molar-refractivity contribution in [3.8, 4) is 11.5 Å². The first kappa shape index (κ1) is 13.2. The molecular formula is C14H21NO3. The summed E-state index contributed by atoms with van der Waals surface area (Å²) in [7, 11) is 0. The molecule has 2 N–H and O–H groups in total. The topological polar surface area (TPSA) is 50.7 Å². The van der Waals surface area contributed by atoms with Gasteiger partial charge in [0.05, 0.1) is 6.61 Å². The third-order valence-electron chi connectivity index (χ3n) is 3.46. The fourth-order valence-corrected chi connectivity index (χ4v) is 1.81. The second-order valence-corrected chi connectivity index (χ2v) is 4.90. The van der Waals surface area contributed by atoms with Gasteiger partial charge >= 0.3 is 0 Å². The third kappa shape index (κ3) is 2.94. The first-order chi connectivity index (χ1) is 8.67. The fraction of sp³-hybridized carbons (Fsp3) is 0.571. The Labute approximate surface area is 108 Å². The minimum atomic E-state index is -0.229. The normalized spacial score (nSPS) is 17.3. The molecule has 0 amide bonds. The van der Waals surface area contributed by atoms with Gasteiger partial charge in [-0.05, 0) is 31.0 Å². The van der Waals surface area contributed by atoms with E-state index in [1.54, 1.807) is 0 Å². The van der Waals surface area contributed by atoms with Crippen LogP contribution in [-0.2, 0) is 6.54 Å². The maximum Gasteiger partial charge on any atom is 0.161 e. The van der Waals surface area contributed by atoms with Crippen LogP contribution in [0.1, 0.15) is 25.8 Å². The van der Waals surface area contributed by atoms with Crippen LogP contribution in [0, 0.1) is 0 Å². The Balaban J connectivity index is 2.02. The minimum Gasteiger partial charge on any atom is -0.486 e. The largest absolute Gasteiger partial charge is 0.486 e. The van der Waals surface area contributed by atoms with Gasteiger partial charge in [-0.15, -0.1) is 0 Å². The number of fused-ring (bicyclic) bond motifs is 1. The lowest BCUT2D eigenvalue weighted by Crippen LogP contribution is -2.44. The van der Waals surface area contributed by atoms with Gasteiger partial charge in [-0.25, -0.2) is 0 Å². The predicted molar refractivity (Wildman–Crippen MR) is 70.1 cm³/mol. The Kier molecular flexibility index (Phi) is 4.09. The van der Waals surface area contributed by atoms with Crippen LogP contribution in [0.4, 0.5) is 0 Å². The highest BCUT2D eigenvalue weighted by atomic mass is 16.6. The predicted octanol–water partition coefficient (Wildman–Crippen LogP) is 1.71. The highest BCUT2D eigenvalue weighted by Gasteiger charge is 2.20. The molecule has 0 aliphatic carbocycles. The summed E-state index contributed by atoms with van der Waals surface area (Å²) in [6.07, 6.45) is 0.883. The van der Waals surface area contributed by atoms with Crippen molar-refractivity contribution >= 4 is 0 Å². The Morgan fingerprint density at radius 3 is 2.67 bits per heavy atom. The molecule has 1 aromatic carbocycles. The summed E-state index contributed by atoms with van der Waals surface area (Å²) in [4.78, 5) is 0. The van der Waals surface area contributed by atoms with E-state index in [0.717, 1.165) is 23.5 Å². The average Bonchev–Trinajstić information content (AvgIpc) is 2.44. The van der Waals surface area contributed by atoms with Crippen LogP contribution in [0.2, 0.25) is 0 Å². The van der Waals surface area contributed by atoms with Gasteiger partial charge in [-0.1, -0.05) is 13.0 Å². The highest BCUT2D eigenvalue weighted by molar-refractivity contribution is 5.43. The molecular weight excluding hydrogens is 230 g/mol. The van der Waals surface area contributed by atoms with E-state index < -0.39 is 0 Å². The quantitative estimate of drug-likeness (QED) is 0.836. The molecule has 1 aromatic rings. The molecule has 0 radical (unpaired) electrons. The Morgan fingerprint density at radius 2 is 2.00 bits per heavy atom. The van der Waals surface area contributed by atoms with Crippen LogP contribution in [0.5, 0.6) is 11.5 Å². The lowest BCUT2D eigenvalue weighted by molar-refractivity contribution is 0.167. The maximum atomic E-state index is 9.35. The standard InChI is InChI=1S/C14H21NO3/c1-3-14(2,10-16)15-9-11-4-5-12-13(8-11)18-7-6-17-12/h4-5,8,15-16H,3,6-7,9-10H2,1-2H3. The van der Waals surface area contributed by atoms with Gasteiger partial charge in [-0.3, -0.25) is 0 Å². The van der Waals surface area contributed by atoms with E-state index in [1.807, 2.05) is 25.1 Å². The molecule has 2 rings (SSSR count). The molecule has 18 heavy (non-hydrogen) atoms. The van der Waals surface area contributed by atoms with Gasteiger partial charge in [-0.2, -0.15) is 0 Å². The number of hydrogen-bond acceptors (Lipinski definition) is 4. The summed E-state index contributed by atoms with van der Waals surface area (Å²) in [6.45, 7) is 6.14. The fourth-order valence-electron chi connectivity index (χ4n) is 1.81. The number of benzene rings is 1. The molecule has 100 valence electrons. The van der Waals surface area contributed by atoms with E-state index in [9.17, 15) is 5.11 Å². The summed E-state index contributed by atoms with van der Waals surface area (Å²) in [5.41, 5.74) is 0.903. The van der Waals surface area contributed by atoms with Crippen LogP contribution in [0.25, 0.3) is 0 Å². The zero-order chi connectivity index (χ0) is 13.0. The minimum absolute atomic E-state index is 0.133. The Hall–Kier alpha value is -1.26. The van der Waals surface area contributed by atoms with Crippen molar-refractivity contribution in [1.82, 2.24) is 5.32 Å². The second-order valence-electron chi connectivity index (χ2n) is 4.90. The molecule has 0 saturated heterocycles. The van der Waals surface area contributed by atoms with Crippen molar-refractivity contribution in [3.05, 3.63) is 23.8 Å². The molecule has 1 atom stereocenters. The number of nitrogens with one attached hydrogen (secondary N) is 1. The smallest absolute Gasteiger partial charge is 0.161 e. The van der Waals surface area contributed by atoms with Crippen LogP contribution in [0.3, 0.4) is 0 Å². The zero-order valence-electron chi connectivity index (χ0n) is 11.0. The van der Waals surface area contributed by atoms with Crippen molar-refractivity contribution in [3.63, 3.8) is 0 Å². The summed E-state index contributed by atoms with van der Waals surface area (Å²) < 4.78 is 11.0. The van der Waals surface area contributed by atoms with Crippen LogP contribution < -0.4 is 14.8 Å². The van der Waals surface area contributed by atoms with E-state index in [1.165, 1.54) is 0 Å². The van der Waals surface area contributed by atoms with Gasteiger partial charge in [0.2, 0.25) is 0 Å². The van der Waals surface area contributed by atoms with E-state index >= 15 is 0 Å². The lowest BCUT2D eigenvalue weighted by atomic mass is 10.00. The third-order valence-corrected chi connectivity index (χ3v) is 3.46. The summed E-state index contributed by atoms with van der Waals surface area (Å²) in [5.74, 6) is 1.62. The molecule has 1 unspecified atom stereocenters. The van der Waals surface area contributed by atoms with Crippen molar-refractivity contribution in [2.45, 2.75) is 32.4 Å². The molecule has 1 aliphatic rings. The van der Waals surface area contributed by atoms with E-state index in [4.69, 9.17) is 9.47 Å². The zero-order valence-corrected chi connectivity index (χ0v) is 11.0. The monoisotopic (exact) mass is 251 g/mol. The van der Waals surface area contributed by atoms with Gasteiger partial charge in [0.25, 0.3) is 0 Å². The average molecular weight is 251 g/mol. The SMILES string of the molecule is CCC(C)(CO)NCc1ccc2c(c1)OCCO2. The van der Waals surface area contributed by atoms with E-state index in [0.29, 0.717) is 19.8 Å². The van der Waals surface area contributed by atoms with Crippen molar-refractivity contribution in [1.29, 1.82) is 0 Å². The molecule has 1 aliphatic heterocycles. The van der Waals surface area contributed by atoms with Crippen molar-refractivity contribution < 1.29 is 14.6 Å². The maximum absolute atomic E-state index is 9.35. The van der Waals surface area contributed by atoms with Gasteiger partial charge in [0.15, 0.2) is 11.5 Å². The number of aliphatic hydroxyl groups is 1. The summed E-state index contributed by atoms with van der Waals surface area (Å²) in [5, 5.41) is 12.7. The molecule has 1 heterocycles. The number of hydrogen-bond donors (Lipinski definition) is 2. The lowest BCUT2D eigenvalue weighted by Gasteiger charge is -2.27. The Morgan fingerprint density at radius 1 is 1.28 bits per heavy atom. The second kappa shape index (κ2) is 5.59. The van der Waals surface area contributed by atoms with Gasteiger partial charge in [0.1, 0.15) is 13.2 Å². The highest BCUT2D eigenvalue weighted by Crippen LogP contribution is 2.30. The molecule has 4 nitrogen and oxygen atoms in total. The molecule has 0 bridgehead atoms. The van der Waals surface area contributed by atoms with Gasteiger partial charge in [0, 0.05) is 12.1 Å². The number of aliphatic hydroxyl groups excluding tert-OH is 1. The molecule has 4 heteroatoms. The van der Waals surface area contributed by atoms with Crippen LogP contribution in [0.15, 0.2) is 18.2 Å². The van der Waals surface area contributed by atoms with Crippen molar-refractivity contribution in [2.24, 2.45) is 0 Å². The van der Waals surface area contributed by atoms with Crippen LogP contribution >= 0.6 is 0 Å². The molecule has 0 aromatic heterocycles. The first-order valence-corrected chi connectivity index (χ1v) is 6.41. The summed E-state index contributed by atoms with van der Waals surface area (Å²) >= 11 is 0. The number of rotatable bonds is 5. The Bertz CT molecular complexity index is 402. The molecule has 0 spiro atoms. The van der Waals surface area contributed by atoms with E-state index in [2.05, 4.69) is 12.2 Å². The summed E-state index contributed by atoms with van der Waals surface area (Å²) in [6, 6.07) is 5.96.